The van der Waals surface area contributed by atoms with Crippen molar-refractivity contribution in [1.82, 2.24) is 15.0 Å². The fourth-order valence-electron chi connectivity index (χ4n) is 3.33. The van der Waals surface area contributed by atoms with Crippen LogP contribution in [0.4, 0.5) is 0 Å². The van der Waals surface area contributed by atoms with Gasteiger partial charge in [-0.15, -0.1) is 0 Å². The lowest BCUT2D eigenvalue weighted by Gasteiger charge is -2.20. The van der Waals surface area contributed by atoms with Gasteiger partial charge in [0, 0.05) is 18.2 Å². The minimum Gasteiger partial charge on any atom is -0.497 e. The van der Waals surface area contributed by atoms with Crippen molar-refractivity contribution < 1.29 is 13.7 Å². The molecule has 1 saturated heterocycles. The van der Waals surface area contributed by atoms with Crippen LogP contribution in [0, 0.1) is 6.92 Å². The molecule has 1 aromatic carbocycles. The molecule has 3 aromatic rings. The second kappa shape index (κ2) is 6.72. The summed E-state index contributed by atoms with van der Waals surface area (Å²) in [5, 5.41) is 4.01. The fraction of sp³-hybridized carbons (Fsp3) is 0.368. The summed E-state index contributed by atoms with van der Waals surface area (Å²) in [6, 6.07) is 10.00. The number of hydrogen-bond donors (Lipinski definition) is 0. The molecule has 0 unspecified atom stereocenters. The molecule has 25 heavy (non-hydrogen) atoms. The SMILES string of the molecule is COc1ccc(-c2nc(CN3CCC[C@@H]3c3cc(C)no3)co2)cc1. The van der Waals surface area contributed by atoms with Gasteiger partial charge in [-0.2, -0.15) is 0 Å². The molecule has 0 N–H and O–H groups in total. The number of likely N-dealkylation sites (tertiary alicyclic amines) is 1. The molecular weight excluding hydrogens is 318 g/mol. The number of rotatable bonds is 5. The zero-order chi connectivity index (χ0) is 17.2. The van der Waals surface area contributed by atoms with E-state index in [-0.39, 0.29) is 6.04 Å². The van der Waals surface area contributed by atoms with Crippen LogP contribution in [0.25, 0.3) is 11.5 Å². The van der Waals surface area contributed by atoms with E-state index in [1.54, 1.807) is 13.4 Å². The summed E-state index contributed by atoms with van der Waals surface area (Å²) < 4.78 is 16.3. The maximum Gasteiger partial charge on any atom is 0.226 e. The Labute approximate surface area is 146 Å². The summed E-state index contributed by atoms with van der Waals surface area (Å²) in [6.45, 7) is 3.71. The predicted molar refractivity (Wildman–Crippen MR) is 92.1 cm³/mol. The third kappa shape index (κ3) is 3.30. The average molecular weight is 339 g/mol. The summed E-state index contributed by atoms with van der Waals surface area (Å²) in [5.41, 5.74) is 2.79. The monoisotopic (exact) mass is 339 g/mol. The summed E-state index contributed by atoms with van der Waals surface area (Å²) >= 11 is 0. The Morgan fingerprint density at radius 2 is 2.12 bits per heavy atom. The molecule has 130 valence electrons. The second-order valence-corrected chi connectivity index (χ2v) is 6.37. The fourth-order valence-corrected chi connectivity index (χ4v) is 3.33. The molecule has 3 heterocycles. The van der Waals surface area contributed by atoms with Gasteiger partial charge in [-0.3, -0.25) is 4.90 Å². The molecule has 0 saturated carbocycles. The number of nitrogens with zero attached hydrogens (tertiary/aromatic N) is 3. The Morgan fingerprint density at radius 3 is 2.84 bits per heavy atom. The number of ether oxygens (including phenoxy) is 1. The Kier molecular flexibility index (Phi) is 4.28. The van der Waals surface area contributed by atoms with E-state index in [0.29, 0.717) is 5.89 Å². The maximum absolute atomic E-state index is 5.67. The van der Waals surface area contributed by atoms with Gasteiger partial charge in [0.15, 0.2) is 5.76 Å². The highest BCUT2D eigenvalue weighted by Gasteiger charge is 2.29. The molecule has 1 atom stereocenters. The first kappa shape index (κ1) is 15.9. The Bertz CT molecular complexity index is 838. The van der Waals surface area contributed by atoms with Crippen LogP contribution >= 0.6 is 0 Å². The lowest BCUT2D eigenvalue weighted by Crippen LogP contribution is -2.22. The van der Waals surface area contributed by atoms with Crippen LogP contribution in [-0.2, 0) is 6.54 Å². The largest absolute Gasteiger partial charge is 0.497 e. The minimum absolute atomic E-state index is 0.266. The van der Waals surface area contributed by atoms with Gasteiger partial charge in [0.25, 0.3) is 0 Å². The first-order chi connectivity index (χ1) is 12.2. The molecular formula is C19H21N3O3. The molecule has 0 spiro atoms. The van der Waals surface area contributed by atoms with E-state index in [2.05, 4.69) is 15.0 Å². The van der Waals surface area contributed by atoms with Crippen molar-refractivity contribution in [3.63, 3.8) is 0 Å². The van der Waals surface area contributed by atoms with E-state index in [1.807, 2.05) is 37.3 Å². The Morgan fingerprint density at radius 1 is 1.28 bits per heavy atom. The first-order valence-electron chi connectivity index (χ1n) is 8.49. The number of methoxy groups -OCH3 is 1. The normalized spacial score (nSPS) is 17.9. The highest BCUT2D eigenvalue weighted by molar-refractivity contribution is 5.54. The van der Waals surface area contributed by atoms with Crippen LogP contribution in [0.2, 0.25) is 0 Å². The molecule has 0 radical (unpaired) electrons. The van der Waals surface area contributed by atoms with Crippen LogP contribution in [0.3, 0.4) is 0 Å². The highest BCUT2D eigenvalue weighted by atomic mass is 16.5. The smallest absolute Gasteiger partial charge is 0.226 e. The van der Waals surface area contributed by atoms with Crippen molar-refractivity contribution in [3.05, 3.63) is 53.7 Å². The second-order valence-electron chi connectivity index (χ2n) is 6.37. The number of aryl methyl sites for hydroxylation is 1. The Balaban J connectivity index is 1.48. The van der Waals surface area contributed by atoms with Crippen molar-refractivity contribution >= 4 is 0 Å². The quantitative estimate of drug-likeness (QED) is 0.700. The van der Waals surface area contributed by atoms with Gasteiger partial charge in [0.2, 0.25) is 5.89 Å². The maximum atomic E-state index is 5.67. The predicted octanol–water partition coefficient (Wildman–Crippen LogP) is 3.98. The zero-order valence-corrected chi connectivity index (χ0v) is 14.4. The van der Waals surface area contributed by atoms with Crippen molar-refractivity contribution in [2.45, 2.75) is 32.4 Å². The van der Waals surface area contributed by atoms with Gasteiger partial charge in [-0.25, -0.2) is 4.98 Å². The summed E-state index contributed by atoms with van der Waals surface area (Å²) in [6.07, 6.45) is 3.96. The van der Waals surface area contributed by atoms with Gasteiger partial charge in [-0.05, 0) is 50.6 Å². The molecule has 6 heteroatoms. The molecule has 0 aliphatic carbocycles. The van der Waals surface area contributed by atoms with Crippen molar-refractivity contribution in [2.75, 3.05) is 13.7 Å². The number of hydrogen-bond acceptors (Lipinski definition) is 6. The van der Waals surface area contributed by atoms with Gasteiger partial charge in [0.1, 0.15) is 12.0 Å². The minimum atomic E-state index is 0.266. The van der Waals surface area contributed by atoms with Crippen LogP contribution < -0.4 is 4.74 Å². The van der Waals surface area contributed by atoms with Gasteiger partial charge in [-0.1, -0.05) is 5.16 Å². The molecule has 0 amide bonds. The molecule has 1 aliphatic rings. The number of aromatic nitrogens is 2. The molecule has 1 aliphatic heterocycles. The van der Waals surface area contributed by atoms with Gasteiger partial charge in [0.05, 0.1) is 24.5 Å². The summed E-state index contributed by atoms with van der Waals surface area (Å²) in [4.78, 5) is 7.01. The van der Waals surface area contributed by atoms with E-state index in [0.717, 1.165) is 54.4 Å². The average Bonchev–Trinajstić information content (AvgIpc) is 3.36. The molecule has 0 bridgehead atoms. The standard InChI is InChI=1S/C19H21N3O3/c1-13-10-18(25-21-13)17-4-3-9-22(17)11-15-12-24-19(20-15)14-5-7-16(23-2)8-6-14/h5-8,10,12,17H,3-4,9,11H2,1-2H3/t17-/m1/s1. The topological polar surface area (TPSA) is 64.5 Å². The van der Waals surface area contributed by atoms with Crippen molar-refractivity contribution in [2.24, 2.45) is 0 Å². The Hall–Kier alpha value is -2.60. The summed E-state index contributed by atoms with van der Waals surface area (Å²) in [7, 11) is 1.65. The van der Waals surface area contributed by atoms with E-state index in [1.165, 1.54) is 0 Å². The zero-order valence-electron chi connectivity index (χ0n) is 14.4. The molecule has 6 nitrogen and oxygen atoms in total. The first-order valence-corrected chi connectivity index (χ1v) is 8.49. The lowest BCUT2D eigenvalue weighted by atomic mass is 10.1. The summed E-state index contributed by atoms with van der Waals surface area (Å²) in [5.74, 6) is 2.38. The molecule has 1 fully saturated rings. The van der Waals surface area contributed by atoms with Crippen LogP contribution in [0.1, 0.15) is 36.0 Å². The highest BCUT2D eigenvalue weighted by Crippen LogP contribution is 2.33. The van der Waals surface area contributed by atoms with Gasteiger partial charge >= 0.3 is 0 Å². The van der Waals surface area contributed by atoms with Crippen LogP contribution in [0.15, 0.2) is 45.5 Å². The van der Waals surface area contributed by atoms with E-state index >= 15 is 0 Å². The van der Waals surface area contributed by atoms with Crippen molar-refractivity contribution in [1.29, 1.82) is 0 Å². The molecule has 4 rings (SSSR count). The number of benzene rings is 1. The van der Waals surface area contributed by atoms with Crippen LogP contribution in [-0.4, -0.2) is 28.7 Å². The van der Waals surface area contributed by atoms with Crippen molar-refractivity contribution in [3.8, 4) is 17.2 Å². The van der Waals surface area contributed by atoms with Crippen LogP contribution in [0.5, 0.6) is 5.75 Å². The van der Waals surface area contributed by atoms with E-state index < -0.39 is 0 Å². The third-order valence-electron chi connectivity index (χ3n) is 4.59. The third-order valence-corrected chi connectivity index (χ3v) is 4.59. The van der Waals surface area contributed by atoms with Gasteiger partial charge < -0.3 is 13.7 Å². The lowest BCUT2D eigenvalue weighted by molar-refractivity contribution is 0.204. The van der Waals surface area contributed by atoms with E-state index in [9.17, 15) is 0 Å². The number of oxazole rings is 1. The molecule has 2 aromatic heterocycles. The van der Waals surface area contributed by atoms with E-state index in [4.69, 9.17) is 13.7 Å².